The average Bonchev–Trinajstić information content (AvgIpc) is 3.03. The topological polar surface area (TPSA) is 69.7 Å². The van der Waals surface area contributed by atoms with Gasteiger partial charge in [-0.3, -0.25) is 19.3 Å². The van der Waals surface area contributed by atoms with Crippen LogP contribution in [0.4, 0.5) is 5.69 Å². The summed E-state index contributed by atoms with van der Waals surface area (Å²) in [4.78, 5) is 41.7. The number of nitrogens with one attached hydrogen (secondary N) is 1. The molecule has 0 radical (unpaired) electrons. The first-order valence-corrected chi connectivity index (χ1v) is 10.5. The molecule has 6 heteroatoms. The second kappa shape index (κ2) is 9.16. The SMILES string of the molecule is CN(C)CCc1ccc(NC(=O)c2ccc3c(c2)C(=O)N(Cc2ccccc2)C3=O)cc1. The summed E-state index contributed by atoms with van der Waals surface area (Å²) in [6, 6.07) is 21.7. The number of carbonyl (C=O) groups is 3. The Labute approximate surface area is 187 Å². The van der Waals surface area contributed by atoms with Gasteiger partial charge in [-0.15, -0.1) is 0 Å². The van der Waals surface area contributed by atoms with E-state index < -0.39 is 0 Å². The third kappa shape index (κ3) is 4.60. The van der Waals surface area contributed by atoms with Crippen LogP contribution in [-0.4, -0.2) is 48.2 Å². The molecule has 162 valence electrons. The van der Waals surface area contributed by atoms with Crippen LogP contribution >= 0.6 is 0 Å². The van der Waals surface area contributed by atoms with Gasteiger partial charge in [0.15, 0.2) is 0 Å². The van der Waals surface area contributed by atoms with E-state index in [1.165, 1.54) is 16.5 Å². The molecule has 0 spiro atoms. The molecule has 0 saturated heterocycles. The molecule has 3 aromatic carbocycles. The highest BCUT2D eigenvalue weighted by molar-refractivity contribution is 6.22. The van der Waals surface area contributed by atoms with Crippen molar-refractivity contribution >= 4 is 23.4 Å². The monoisotopic (exact) mass is 427 g/mol. The summed E-state index contributed by atoms with van der Waals surface area (Å²) in [5.74, 6) is -1.04. The molecule has 0 fully saturated rings. The number of anilines is 1. The number of fused-ring (bicyclic) bond motifs is 1. The highest BCUT2D eigenvalue weighted by Crippen LogP contribution is 2.26. The highest BCUT2D eigenvalue weighted by atomic mass is 16.2. The molecular formula is C26H25N3O3. The molecule has 3 amide bonds. The van der Waals surface area contributed by atoms with Crippen molar-refractivity contribution in [2.24, 2.45) is 0 Å². The summed E-state index contributed by atoms with van der Waals surface area (Å²) in [7, 11) is 4.06. The van der Waals surface area contributed by atoms with Gasteiger partial charge < -0.3 is 10.2 Å². The predicted octanol–water partition coefficient (Wildman–Crippen LogP) is 3.84. The normalized spacial score (nSPS) is 12.9. The Morgan fingerprint density at radius 1 is 0.844 bits per heavy atom. The first-order chi connectivity index (χ1) is 15.4. The summed E-state index contributed by atoms with van der Waals surface area (Å²) in [5.41, 5.74) is 3.66. The number of carbonyl (C=O) groups excluding carboxylic acids is 3. The van der Waals surface area contributed by atoms with Gasteiger partial charge in [-0.05, 0) is 62.0 Å². The lowest BCUT2D eigenvalue weighted by molar-refractivity contribution is 0.0642. The fourth-order valence-electron chi connectivity index (χ4n) is 3.65. The van der Waals surface area contributed by atoms with E-state index in [0.717, 1.165) is 18.5 Å². The molecule has 1 aliphatic rings. The maximum absolute atomic E-state index is 12.9. The Hall–Kier alpha value is -3.77. The molecule has 1 heterocycles. The van der Waals surface area contributed by atoms with Crippen molar-refractivity contribution in [3.05, 3.63) is 101 Å². The van der Waals surface area contributed by atoms with Crippen molar-refractivity contribution in [2.75, 3.05) is 26.0 Å². The summed E-state index contributed by atoms with van der Waals surface area (Å²) in [5, 5.41) is 2.86. The molecular weight excluding hydrogens is 402 g/mol. The number of benzene rings is 3. The second-order valence-corrected chi connectivity index (χ2v) is 8.15. The summed E-state index contributed by atoms with van der Waals surface area (Å²) < 4.78 is 0. The van der Waals surface area contributed by atoms with Gasteiger partial charge in [0.1, 0.15) is 0 Å². The molecule has 3 aromatic rings. The fraction of sp³-hybridized carbons (Fsp3) is 0.192. The first-order valence-electron chi connectivity index (χ1n) is 10.5. The molecule has 4 rings (SSSR count). The summed E-state index contributed by atoms with van der Waals surface area (Å²) in [6.45, 7) is 1.16. The Morgan fingerprint density at radius 2 is 1.53 bits per heavy atom. The van der Waals surface area contributed by atoms with Crippen LogP contribution in [0, 0.1) is 0 Å². The minimum atomic E-state index is -0.381. The van der Waals surface area contributed by atoms with Crippen molar-refractivity contribution in [3.63, 3.8) is 0 Å². The highest BCUT2D eigenvalue weighted by Gasteiger charge is 2.36. The zero-order valence-corrected chi connectivity index (χ0v) is 18.2. The second-order valence-electron chi connectivity index (χ2n) is 8.15. The van der Waals surface area contributed by atoms with Gasteiger partial charge in [0, 0.05) is 17.8 Å². The molecule has 1 N–H and O–H groups in total. The molecule has 0 aliphatic carbocycles. The Morgan fingerprint density at radius 3 is 2.22 bits per heavy atom. The third-order valence-electron chi connectivity index (χ3n) is 5.48. The van der Waals surface area contributed by atoms with Gasteiger partial charge in [-0.2, -0.15) is 0 Å². The van der Waals surface area contributed by atoms with Crippen LogP contribution in [0.15, 0.2) is 72.8 Å². The van der Waals surface area contributed by atoms with Crippen LogP contribution in [0.25, 0.3) is 0 Å². The number of amides is 3. The van der Waals surface area contributed by atoms with E-state index in [2.05, 4.69) is 10.2 Å². The van der Waals surface area contributed by atoms with Gasteiger partial charge in [0.05, 0.1) is 17.7 Å². The van der Waals surface area contributed by atoms with Crippen molar-refractivity contribution in [3.8, 4) is 0 Å². The number of nitrogens with zero attached hydrogens (tertiary/aromatic N) is 2. The first kappa shape index (κ1) is 21.5. The van der Waals surface area contributed by atoms with Crippen molar-refractivity contribution < 1.29 is 14.4 Å². The van der Waals surface area contributed by atoms with Crippen LogP contribution in [0.1, 0.15) is 42.2 Å². The van der Waals surface area contributed by atoms with E-state index in [-0.39, 0.29) is 29.8 Å². The van der Waals surface area contributed by atoms with Gasteiger partial charge >= 0.3 is 0 Å². The largest absolute Gasteiger partial charge is 0.322 e. The zero-order valence-electron chi connectivity index (χ0n) is 18.2. The molecule has 6 nitrogen and oxygen atoms in total. The third-order valence-corrected chi connectivity index (χ3v) is 5.48. The lowest BCUT2D eigenvalue weighted by Gasteiger charge is -2.13. The van der Waals surface area contributed by atoms with Crippen molar-refractivity contribution in [1.29, 1.82) is 0 Å². The average molecular weight is 428 g/mol. The minimum absolute atomic E-state index is 0.203. The number of likely N-dealkylation sites (N-methyl/N-ethyl adjacent to an activating group) is 1. The lowest BCUT2D eigenvalue weighted by atomic mass is 10.1. The maximum Gasteiger partial charge on any atom is 0.261 e. The smallest absolute Gasteiger partial charge is 0.261 e. The van der Waals surface area contributed by atoms with Gasteiger partial charge in [-0.1, -0.05) is 42.5 Å². The van der Waals surface area contributed by atoms with E-state index in [9.17, 15) is 14.4 Å². The van der Waals surface area contributed by atoms with E-state index in [0.29, 0.717) is 16.8 Å². The van der Waals surface area contributed by atoms with Crippen LogP contribution in [0.5, 0.6) is 0 Å². The van der Waals surface area contributed by atoms with Crippen LogP contribution in [0.2, 0.25) is 0 Å². The van der Waals surface area contributed by atoms with E-state index in [1.807, 2.05) is 68.7 Å². The maximum atomic E-state index is 12.9. The van der Waals surface area contributed by atoms with Gasteiger partial charge in [0.2, 0.25) is 0 Å². The van der Waals surface area contributed by atoms with Gasteiger partial charge in [0.25, 0.3) is 17.7 Å². The molecule has 0 atom stereocenters. The predicted molar refractivity (Wildman–Crippen MR) is 124 cm³/mol. The van der Waals surface area contributed by atoms with Gasteiger partial charge in [-0.25, -0.2) is 0 Å². The molecule has 1 aliphatic heterocycles. The summed E-state index contributed by atoms with van der Waals surface area (Å²) in [6.07, 6.45) is 0.932. The zero-order chi connectivity index (χ0) is 22.7. The Bertz CT molecular complexity index is 1150. The Kier molecular flexibility index (Phi) is 6.14. The van der Waals surface area contributed by atoms with Crippen LogP contribution in [0.3, 0.4) is 0 Å². The molecule has 0 bridgehead atoms. The summed E-state index contributed by atoms with van der Waals surface area (Å²) >= 11 is 0. The number of hydrogen-bond donors (Lipinski definition) is 1. The number of hydrogen-bond acceptors (Lipinski definition) is 4. The van der Waals surface area contributed by atoms with E-state index >= 15 is 0 Å². The van der Waals surface area contributed by atoms with E-state index in [4.69, 9.17) is 0 Å². The van der Waals surface area contributed by atoms with Crippen molar-refractivity contribution in [2.45, 2.75) is 13.0 Å². The quantitative estimate of drug-likeness (QED) is 0.582. The van der Waals surface area contributed by atoms with E-state index in [1.54, 1.807) is 12.1 Å². The Balaban J connectivity index is 1.46. The number of imide groups is 1. The fourth-order valence-corrected chi connectivity index (χ4v) is 3.65. The molecule has 0 unspecified atom stereocenters. The van der Waals surface area contributed by atoms with Crippen LogP contribution in [-0.2, 0) is 13.0 Å². The van der Waals surface area contributed by atoms with Crippen molar-refractivity contribution in [1.82, 2.24) is 9.80 Å². The lowest BCUT2D eigenvalue weighted by Crippen LogP contribution is -2.29. The standard InChI is InChI=1S/C26H25N3O3/c1-28(2)15-14-18-8-11-21(12-9-18)27-24(30)20-10-13-22-23(16-20)26(32)29(25(22)31)17-19-6-4-3-5-7-19/h3-13,16H,14-15,17H2,1-2H3,(H,27,30). The number of rotatable bonds is 7. The minimum Gasteiger partial charge on any atom is -0.322 e. The van der Waals surface area contributed by atoms with Crippen LogP contribution < -0.4 is 5.32 Å². The molecule has 0 aromatic heterocycles. The molecule has 0 saturated carbocycles. The molecule has 32 heavy (non-hydrogen) atoms.